The van der Waals surface area contributed by atoms with Gasteiger partial charge in [-0.15, -0.1) is 0 Å². The minimum atomic E-state index is -0.280. The van der Waals surface area contributed by atoms with Crippen molar-refractivity contribution in [1.82, 2.24) is 9.69 Å². The molecule has 82 valence electrons. The van der Waals surface area contributed by atoms with E-state index in [4.69, 9.17) is 0 Å². The van der Waals surface area contributed by atoms with Gasteiger partial charge in [0, 0.05) is 12.7 Å². The van der Waals surface area contributed by atoms with E-state index in [0.717, 1.165) is 17.1 Å². The van der Waals surface area contributed by atoms with Crippen LogP contribution in [0.15, 0.2) is 36.5 Å². The Labute approximate surface area is 96.1 Å². The van der Waals surface area contributed by atoms with Crippen LogP contribution in [0.3, 0.4) is 0 Å². The van der Waals surface area contributed by atoms with Crippen LogP contribution in [0.1, 0.15) is 15.2 Å². The molecule has 0 bridgehead atoms. The SMILES string of the molecule is O=C(NCc1ccc(F)cc1)c1ccns1. The lowest BCUT2D eigenvalue weighted by atomic mass is 10.2. The molecule has 1 N–H and O–H groups in total. The summed E-state index contributed by atoms with van der Waals surface area (Å²) < 4.78 is 16.5. The lowest BCUT2D eigenvalue weighted by molar-refractivity contribution is 0.0955. The average Bonchev–Trinajstić information content (AvgIpc) is 2.81. The van der Waals surface area contributed by atoms with E-state index < -0.39 is 0 Å². The predicted molar refractivity (Wildman–Crippen MR) is 59.7 cm³/mol. The molecule has 1 aromatic heterocycles. The Balaban J connectivity index is 1.93. The first kappa shape index (κ1) is 10.8. The summed E-state index contributed by atoms with van der Waals surface area (Å²) in [6.45, 7) is 0.386. The van der Waals surface area contributed by atoms with Gasteiger partial charge in [-0.1, -0.05) is 12.1 Å². The molecule has 1 amide bonds. The van der Waals surface area contributed by atoms with E-state index in [9.17, 15) is 9.18 Å². The molecule has 1 heterocycles. The van der Waals surface area contributed by atoms with Gasteiger partial charge in [-0.25, -0.2) is 8.76 Å². The average molecular weight is 236 g/mol. The lowest BCUT2D eigenvalue weighted by Gasteiger charge is -2.03. The van der Waals surface area contributed by atoms with Gasteiger partial charge in [-0.05, 0) is 35.3 Å². The van der Waals surface area contributed by atoms with Crippen molar-refractivity contribution in [3.05, 3.63) is 52.8 Å². The molecule has 0 aliphatic carbocycles. The largest absolute Gasteiger partial charge is 0.347 e. The first-order valence-electron chi connectivity index (χ1n) is 4.69. The van der Waals surface area contributed by atoms with Crippen LogP contribution in [0.25, 0.3) is 0 Å². The Kier molecular flexibility index (Phi) is 3.26. The van der Waals surface area contributed by atoms with E-state index in [1.54, 1.807) is 24.4 Å². The van der Waals surface area contributed by atoms with E-state index in [1.165, 1.54) is 12.1 Å². The fraction of sp³-hybridized carbons (Fsp3) is 0.0909. The Morgan fingerprint density at radius 1 is 1.31 bits per heavy atom. The third-order valence-electron chi connectivity index (χ3n) is 2.03. The maximum Gasteiger partial charge on any atom is 0.263 e. The maximum absolute atomic E-state index is 12.6. The van der Waals surface area contributed by atoms with E-state index in [-0.39, 0.29) is 11.7 Å². The number of hydrogen-bond acceptors (Lipinski definition) is 3. The minimum Gasteiger partial charge on any atom is -0.347 e. The summed E-state index contributed by atoms with van der Waals surface area (Å²) in [4.78, 5) is 12.1. The van der Waals surface area contributed by atoms with Gasteiger partial charge in [0.2, 0.25) is 0 Å². The van der Waals surface area contributed by atoms with Crippen LogP contribution < -0.4 is 5.32 Å². The molecule has 0 atom stereocenters. The Morgan fingerprint density at radius 3 is 2.69 bits per heavy atom. The molecule has 5 heteroatoms. The number of carbonyl (C=O) groups excluding carboxylic acids is 1. The first-order chi connectivity index (χ1) is 7.75. The maximum atomic E-state index is 12.6. The monoisotopic (exact) mass is 236 g/mol. The van der Waals surface area contributed by atoms with Gasteiger partial charge in [0.25, 0.3) is 5.91 Å². The third kappa shape index (κ3) is 2.64. The summed E-state index contributed by atoms with van der Waals surface area (Å²) in [6, 6.07) is 7.68. The lowest BCUT2D eigenvalue weighted by Crippen LogP contribution is -2.21. The van der Waals surface area contributed by atoms with Crippen molar-refractivity contribution in [2.24, 2.45) is 0 Å². The third-order valence-corrected chi connectivity index (χ3v) is 2.77. The second-order valence-electron chi connectivity index (χ2n) is 3.19. The van der Waals surface area contributed by atoms with Gasteiger partial charge in [0.1, 0.15) is 10.7 Å². The zero-order valence-electron chi connectivity index (χ0n) is 8.31. The van der Waals surface area contributed by atoms with E-state index in [1.807, 2.05) is 0 Å². The topological polar surface area (TPSA) is 42.0 Å². The number of halogens is 1. The Hall–Kier alpha value is -1.75. The number of nitrogens with zero attached hydrogens (tertiary/aromatic N) is 1. The number of hydrogen-bond donors (Lipinski definition) is 1. The molecule has 3 nitrogen and oxygen atoms in total. The molecule has 0 fully saturated rings. The van der Waals surface area contributed by atoms with E-state index in [2.05, 4.69) is 9.69 Å². The zero-order valence-corrected chi connectivity index (χ0v) is 9.13. The van der Waals surface area contributed by atoms with Crippen molar-refractivity contribution in [1.29, 1.82) is 0 Å². The summed E-state index contributed by atoms with van der Waals surface area (Å²) in [5.41, 5.74) is 0.860. The van der Waals surface area contributed by atoms with Crippen molar-refractivity contribution in [2.45, 2.75) is 6.54 Å². The van der Waals surface area contributed by atoms with Crippen molar-refractivity contribution < 1.29 is 9.18 Å². The summed E-state index contributed by atoms with van der Waals surface area (Å²) in [5, 5.41) is 2.73. The highest BCUT2D eigenvalue weighted by atomic mass is 32.1. The van der Waals surface area contributed by atoms with Crippen molar-refractivity contribution in [3.8, 4) is 0 Å². The highest BCUT2D eigenvalue weighted by Gasteiger charge is 2.06. The molecule has 1 aromatic carbocycles. The zero-order chi connectivity index (χ0) is 11.4. The fourth-order valence-electron chi connectivity index (χ4n) is 1.20. The molecular formula is C11H9FN2OS. The van der Waals surface area contributed by atoms with Crippen molar-refractivity contribution in [2.75, 3.05) is 0 Å². The van der Waals surface area contributed by atoms with Crippen LogP contribution in [0, 0.1) is 5.82 Å². The minimum absolute atomic E-state index is 0.160. The first-order valence-corrected chi connectivity index (χ1v) is 5.46. The molecule has 0 spiro atoms. The van der Waals surface area contributed by atoms with Crippen LogP contribution in [-0.2, 0) is 6.54 Å². The Bertz CT molecular complexity index is 467. The van der Waals surface area contributed by atoms with Gasteiger partial charge in [0.15, 0.2) is 0 Å². The molecule has 0 aliphatic rings. The number of aromatic nitrogens is 1. The number of nitrogens with one attached hydrogen (secondary N) is 1. The van der Waals surface area contributed by atoms with E-state index in [0.29, 0.717) is 11.4 Å². The highest BCUT2D eigenvalue weighted by molar-refractivity contribution is 7.08. The molecular weight excluding hydrogens is 227 g/mol. The van der Waals surface area contributed by atoms with Gasteiger partial charge in [-0.2, -0.15) is 0 Å². The van der Waals surface area contributed by atoms with Crippen LogP contribution >= 0.6 is 11.5 Å². The Morgan fingerprint density at radius 2 is 2.06 bits per heavy atom. The van der Waals surface area contributed by atoms with E-state index >= 15 is 0 Å². The molecule has 16 heavy (non-hydrogen) atoms. The number of benzene rings is 1. The summed E-state index contributed by atoms with van der Waals surface area (Å²) in [7, 11) is 0. The molecule has 0 aliphatic heterocycles. The molecule has 0 saturated heterocycles. The van der Waals surface area contributed by atoms with Gasteiger partial charge < -0.3 is 5.32 Å². The smallest absolute Gasteiger partial charge is 0.263 e. The van der Waals surface area contributed by atoms with Gasteiger partial charge >= 0.3 is 0 Å². The van der Waals surface area contributed by atoms with Crippen LogP contribution in [0.2, 0.25) is 0 Å². The van der Waals surface area contributed by atoms with Gasteiger partial charge in [-0.3, -0.25) is 4.79 Å². The number of carbonyl (C=O) groups is 1. The quantitative estimate of drug-likeness (QED) is 0.887. The van der Waals surface area contributed by atoms with Gasteiger partial charge in [0.05, 0.1) is 0 Å². The standard InChI is InChI=1S/C11H9FN2OS/c12-9-3-1-8(2-4-9)7-13-11(15)10-5-6-14-16-10/h1-6H,7H2,(H,13,15). The second-order valence-corrected chi connectivity index (χ2v) is 4.02. The molecule has 0 unspecified atom stereocenters. The molecule has 0 radical (unpaired) electrons. The number of rotatable bonds is 3. The van der Waals surface area contributed by atoms with Crippen LogP contribution in [0.4, 0.5) is 4.39 Å². The highest BCUT2D eigenvalue weighted by Crippen LogP contribution is 2.06. The second kappa shape index (κ2) is 4.85. The van der Waals surface area contributed by atoms with Crippen LogP contribution in [0.5, 0.6) is 0 Å². The molecule has 0 saturated carbocycles. The summed E-state index contributed by atoms with van der Waals surface area (Å²) in [6.07, 6.45) is 1.58. The van der Waals surface area contributed by atoms with Crippen molar-refractivity contribution in [3.63, 3.8) is 0 Å². The molecule has 2 rings (SSSR count). The van der Waals surface area contributed by atoms with Crippen molar-refractivity contribution >= 4 is 17.4 Å². The predicted octanol–water partition coefficient (Wildman–Crippen LogP) is 2.21. The summed E-state index contributed by atoms with van der Waals surface area (Å²) >= 11 is 1.15. The molecule has 2 aromatic rings. The normalized spacial score (nSPS) is 10.1. The number of amides is 1. The summed E-state index contributed by atoms with van der Waals surface area (Å²) in [5.74, 6) is -0.440. The fourth-order valence-corrected chi connectivity index (χ4v) is 1.72. The van der Waals surface area contributed by atoms with Crippen LogP contribution in [-0.4, -0.2) is 10.3 Å².